The van der Waals surface area contributed by atoms with Gasteiger partial charge in [0.1, 0.15) is 5.82 Å². The second-order valence-corrected chi connectivity index (χ2v) is 8.81. The zero-order valence-electron chi connectivity index (χ0n) is 17.7. The van der Waals surface area contributed by atoms with Crippen molar-refractivity contribution in [3.8, 4) is 0 Å². The average Bonchev–Trinajstić information content (AvgIpc) is 2.95. The van der Waals surface area contributed by atoms with Crippen LogP contribution in [-0.4, -0.2) is 58.6 Å². The van der Waals surface area contributed by atoms with Gasteiger partial charge in [-0.1, -0.05) is 39.5 Å². The predicted octanol–water partition coefficient (Wildman–Crippen LogP) is 3.76. The molecule has 0 saturated carbocycles. The lowest BCUT2D eigenvalue weighted by atomic mass is 9.92. The van der Waals surface area contributed by atoms with Gasteiger partial charge in [0.25, 0.3) is 0 Å². The van der Waals surface area contributed by atoms with Crippen molar-refractivity contribution in [2.24, 2.45) is 22.7 Å². The summed E-state index contributed by atoms with van der Waals surface area (Å²) < 4.78 is 2.28. The summed E-state index contributed by atoms with van der Waals surface area (Å²) in [6, 6.07) is 0. The fourth-order valence-electron chi connectivity index (χ4n) is 3.82. The molecule has 1 aliphatic heterocycles. The summed E-state index contributed by atoms with van der Waals surface area (Å²) in [6.45, 7) is 13.2. The van der Waals surface area contributed by atoms with Gasteiger partial charge in [-0.2, -0.15) is 0 Å². The van der Waals surface area contributed by atoms with Crippen molar-refractivity contribution >= 4 is 41.7 Å². The molecule has 2 unspecified atom stereocenters. The second-order valence-electron chi connectivity index (χ2n) is 8.04. The molecule has 2 atom stereocenters. The highest BCUT2D eigenvalue weighted by Gasteiger charge is 2.23. The first-order valence-electron chi connectivity index (χ1n) is 9.86. The Morgan fingerprint density at radius 3 is 2.48 bits per heavy atom. The molecule has 1 aromatic heterocycles. The van der Waals surface area contributed by atoms with Gasteiger partial charge in [0.05, 0.1) is 0 Å². The number of piperidine rings is 1. The van der Waals surface area contributed by atoms with Gasteiger partial charge < -0.3 is 14.8 Å². The molecular formula is C19H37IN6S. The minimum absolute atomic E-state index is 0. The number of aryl methyl sites for hydroxylation is 1. The summed E-state index contributed by atoms with van der Waals surface area (Å²) >= 11 is 1.67. The van der Waals surface area contributed by atoms with Crippen LogP contribution in [0, 0.1) is 17.8 Å². The van der Waals surface area contributed by atoms with E-state index >= 15 is 0 Å². The molecular weight excluding hydrogens is 471 g/mol. The van der Waals surface area contributed by atoms with Crippen LogP contribution >= 0.6 is 35.7 Å². The molecule has 6 nitrogen and oxygen atoms in total. The summed E-state index contributed by atoms with van der Waals surface area (Å²) in [5.41, 5.74) is 0. The van der Waals surface area contributed by atoms with Crippen LogP contribution in [0.25, 0.3) is 0 Å². The van der Waals surface area contributed by atoms with E-state index in [-0.39, 0.29) is 24.0 Å². The summed E-state index contributed by atoms with van der Waals surface area (Å²) in [7, 11) is 1.89. The molecule has 2 rings (SSSR count). The zero-order chi connectivity index (χ0) is 19.1. The molecule has 1 N–H and O–H groups in total. The Balaban J connectivity index is 0.00000364. The maximum Gasteiger partial charge on any atom is 0.193 e. The summed E-state index contributed by atoms with van der Waals surface area (Å²) in [5, 5.41) is 13.3. The topological polar surface area (TPSA) is 58.3 Å². The van der Waals surface area contributed by atoms with Gasteiger partial charge in [0.15, 0.2) is 11.1 Å². The van der Waals surface area contributed by atoms with E-state index < -0.39 is 0 Å². The van der Waals surface area contributed by atoms with Crippen molar-refractivity contribution in [1.29, 1.82) is 0 Å². The number of halogens is 1. The molecule has 0 aliphatic carbocycles. The molecule has 0 bridgehead atoms. The Labute approximate surface area is 186 Å². The lowest BCUT2D eigenvalue weighted by molar-refractivity contribution is 0.208. The lowest BCUT2D eigenvalue weighted by Crippen LogP contribution is -2.48. The zero-order valence-corrected chi connectivity index (χ0v) is 20.9. The van der Waals surface area contributed by atoms with Crippen molar-refractivity contribution in [3.05, 3.63) is 5.82 Å². The largest absolute Gasteiger partial charge is 0.356 e. The van der Waals surface area contributed by atoms with Crippen molar-refractivity contribution in [2.45, 2.75) is 58.7 Å². The normalized spacial score (nSPS) is 20.7. The Morgan fingerprint density at radius 1 is 1.26 bits per heavy atom. The highest BCUT2D eigenvalue weighted by atomic mass is 127. The molecule has 0 aromatic carbocycles. The van der Waals surface area contributed by atoms with Gasteiger partial charge in [-0.3, -0.25) is 4.99 Å². The predicted molar refractivity (Wildman–Crippen MR) is 126 cm³/mol. The molecule has 8 heteroatoms. The SMILES string of the molecule is CN=C(NCCCc1nnc(SC)n1CC(C)C)N1CC(C)CC(C)C1.I. The molecule has 1 saturated heterocycles. The van der Waals surface area contributed by atoms with E-state index in [1.54, 1.807) is 11.8 Å². The van der Waals surface area contributed by atoms with Gasteiger partial charge in [-0.25, -0.2) is 0 Å². The standard InChI is InChI=1S/C19H36N6S.HI/c1-14(2)11-25-17(22-23-19(25)26-6)8-7-9-21-18(20-5)24-12-15(3)10-16(4)13-24;/h14-16H,7-13H2,1-6H3,(H,20,21);1H. The summed E-state index contributed by atoms with van der Waals surface area (Å²) in [5.74, 6) is 4.20. The minimum atomic E-state index is 0. The number of rotatable bonds is 7. The fraction of sp³-hybridized carbons (Fsp3) is 0.842. The van der Waals surface area contributed by atoms with Crippen molar-refractivity contribution in [3.63, 3.8) is 0 Å². The number of aromatic nitrogens is 3. The van der Waals surface area contributed by atoms with E-state index in [0.29, 0.717) is 5.92 Å². The van der Waals surface area contributed by atoms with Crippen LogP contribution in [0.2, 0.25) is 0 Å². The van der Waals surface area contributed by atoms with Crippen LogP contribution in [0.3, 0.4) is 0 Å². The van der Waals surface area contributed by atoms with E-state index in [4.69, 9.17) is 0 Å². The molecule has 0 radical (unpaired) electrons. The highest BCUT2D eigenvalue weighted by Crippen LogP contribution is 2.21. The molecule has 156 valence electrons. The van der Waals surface area contributed by atoms with E-state index in [1.165, 1.54) is 6.42 Å². The van der Waals surface area contributed by atoms with Crippen LogP contribution in [0.15, 0.2) is 10.1 Å². The van der Waals surface area contributed by atoms with E-state index in [9.17, 15) is 0 Å². The number of guanidine groups is 1. The van der Waals surface area contributed by atoms with Gasteiger partial charge in [-0.05, 0) is 36.9 Å². The van der Waals surface area contributed by atoms with Gasteiger partial charge >= 0.3 is 0 Å². The summed E-state index contributed by atoms with van der Waals surface area (Å²) in [6.07, 6.45) is 5.35. The number of hydrogen-bond donors (Lipinski definition) is 1. The number of nitrogens with one attached hydrogen (secondary N) is 1. The molecule has 1 aliphatic rings. The van der Waals surface area contributed by atoms with Gasteiger partial charge in [-0.15, -0.1) is 34.2 Å². The number of hydrogen-bond acceptors (Lipinski definition) is 4. The van der Waals surface area contributed by atoms with Crippen LogP contribution in [0.5, 0.6) is 0 Å². The lowest BCUT2D eigenvalue weighted by Gasteiger charge is -2.37. The first-order chi connectivity index (χ1) is 12.4. The Morgan fingerprint density at radius 2 is 1.93 bits per heavy atom. The third kappa shape index (κ3) is 7.44. The average molecular weight is 509 g/mol. The van der Waals surface area contributed by atoms with E-state index in [1.807, 2.05) is 7.05 Å². The molecule has 1 aromatic rings. The quantitative estimate of drug-likeness (QED) is 0.200. The van der Waals surface area contributed by atoms with Crippen molar-refractivity contribution in [2.75, 3.05) is 32.9 Å². The summed E-state index contributed by atoms with van der Waals surface area (Å²) in [4.78, 5) is 6.90. The number of likely N-dealkylation sites (tertiary alicyclic amines) is 1. The number of aliphatic imine (C=N–C) groups is 1. The number of thioether (sulfide) groups is 1. The Kier molecular flexibility index (Phi) is 11.0. The maximum atomic E-state index is 4.49. The van der Waals surface area contributed by atoms with Crippen LogP contribution in [-0.2, 0) is 13.0 Å². The third-order valence-corrected chi connectivity index (χ3v) is 5.43. The highest BCUT2D eigenvalue weighted by molar-refractivity contribution is 14.0. The molecule has 0 spiro atoms. The fourth-order valence-corrected chi connectivity index (χ4v) is 4.34. The van der Waals surface area contributed by atoms with Crippen molar-refractivity contribution in [1.82, 2.24) is 25.0 Å². The smallest absolute Gasteiger partial charge is 0.193 e. The van der Waals surface area contributed by atoms with Crippen molar-refractivity contribution < 1.29 is 0 Å². The molecule has 2 heterocycles. The van der Waals surface area contributed by atoms with Gasteiger partial charge in [0.2, 0.25) is 0 Å². The van der Waals surface area contributed by atoms with Gasteiger partial charge in [0, 0.05) is 39.6 Å². The minimum Gasteiger partial charge on any atom is -0.356 e. The molecule has 1 fully saturated rings. The van der Waals surface area contributed by atoms with Crippen LogP contribution in [0.1, 0.15) is 46.4 Å². The Bertz CT molecular complexity index is 579. The first kappa shape index (κ1) is 24.5. The second kappa shape index (κ2) is 12.1. The monoisotopic (exact) mass is 508 g/mol. The number of nitrogens with zero attached hydrogens (tertiary/aromatic N) is 5. The third-order valence-electron chi connectivity index (χ3n) is 4.76. The molecule has 0 amide bonds. The van der Waals surface area contributed by atoms with E-state index in [2.05, 4.69) is 63.9 Å². The maximum absolute atomic E-state index is 4.49. The van der Waals surface area contributed by atoms with E-state index in [0.717, 1.165) is 67.8 Å². The van der Waals surface area contributed by atoms with Crippen LogP contribution in [0.4, 0.5) is 0 Å². The Hall–Kier alpha value is -0.510. The molecule has 27 heavy (non-hydrogen) atoms. The first-order valence-corrected chi connectivity index (χ1v) is 11.1. The van der Waals surface area contributed by atoms with Crippen LogP contribution < -0.4 is 5.32 Å².